The highest BCUT2D eigenvalue weighted by atomic mass is 14.6. The fraction of sp³-hybridized carbons (Fsp3) is 0.455. The molecule has 0 saturated carbocycles. The van der Waals surface area contributed by atoms with Gasteiger partial charge in [-0.1, -0.05) is 31.2 Å². The van der Waals surface area contributed by atoms with Gasteiger partial charge in [0.2, 0.25) is 0 Å². The van der Waals surface area contributed by atoms with E-state index in [4.69, 9.17) is 5.73 Å². The molecule has 1 aromatic carbocycles. The lowest BCUT2D eigenvalue weighted by Gasteiger charge is -2.12. The molecule has 0 saturated heterocycles. The lowest BCUT2D eigenvalue weighted by molar-refractivity contribution is 0.506. The summed E-state index contributed by atoms with van der Waals surface area (Å²) in [5.41, 5.74) is 8.72. The maximum atomic E-state index is 5.74. The fourth-order valence-electron chi connectivity index (χ4n) is 2.24. The van der Waals surface area contributed by atoms with E-state index in [1.165, 1.54) is 17.5 Å². The second-order valence-corrected chi connectivity index (χ2v) is 3.72. The molecule has 1 aliphatic carbocycles. The molecular weight excluding hydrogens is 146 g/mol. The Balaban J connectivity index is 2.40. The predicted octanol–water partition coefficient (Wildman–Crippen LogP) is 1.92. The van der Waals surface area contributed by atoms with E-state index in [0.717, 1.165) is 12.5 Å². The van der Waals surface area contributed by atoms with Crippen molar-refractivity contribution < 1.29 is 0 Å². The normalized spacial score (nSPS) is 27.2. The molecule has 2 unspecified atom stereocenters. The van der Waals surface area contributed by atoms with Gasteiger partial charge in [0.15, 0.2) is 0 Å². The Hall–Kier alpha value is -0.820. The van der Waals surface area contributed by atoms with Crippen LogP contribution in [0, 0.1) is 5.92 Å². The van der Waals surface area contributed by atoms with Crippen molar-refractivity contribution in [2.45, 2.75) is 19.3 Å². The SMILES string of the molecule is CC1Cc2ccccc2C1CN. The van der Waals surface area contributed by atoms with Crippen LogP contribution in [0.25, 0.3) is 0 Å². The molecule has 2 N–H and O–H groups in total. The van der Waals surface area contributed by atoms with Crippen molar-refractivity contribution >= 4 is 0 Å². The van der Waals surface area contributed by atoms with E-state index in [0.29, 0.717) is 5.92 Å². The molecule has 0 spiro atoms. The minimum Gasteiger partial charge on any atom is -0.330 e. The molecule has 0 bridgehead atoms. The van der Waals surface area contributed by atoms with Crippen molar-refractivity contribution in [3.63, 3.8) is 0 Å². The van der Waals surface area contributed by atoms with E-state index >= 15 is 0 Å². The molecule has 0 amide bonds. The molecule has 1 aliphatic rings. The highest BCUT2D eigenvalue weighted by Crippen LogP contribution is 2.36. The van der Waals surface area contributed by atoms with Crippen LogP contribution in [0.5, 0.6) is 0 Å². The van der Waals surface area contributed by atoms with Gasteiger partial charge in [-0.25, -0.2) is 0 Å². The second-order valence-electron chi connectivity index (χ2n) is 3.72. The number of hydrogen-bond donors (Lipinski definition) is 1. The Labute approximate surface area is 73.6 Å². The van der Waals surface area contributed by atoms with Crippen LogP contribution in [0.3, 0.4) is 0 Å². The van der Waals surface area contributed by atoms with E-state index < -0.39 is 0 Å². The van der Waals surface area contributed by atoms with E-state index in [9.17, 15) is 0 Å². The van der Waals surface area contributed by atoms with Gasteiger partial charge < -0.3 is 5.73 Å². The molecule has 0 aromatic heterocycles. The van der Waals surface area contributed by atoms with Crippen molar-refractivity contribution in [1.82, 2.24) is 0 Å². The summed E-state index contributed by atoms with van der Waals surface area (Å²) in [5, 5.41) is 0. The zero-order valence-corrected chi connectivity index (χ0v) is 7.46. The van der Waals surface area contributed by atoms with Crippen molar-refractivity contribution in [2.24, 2.45) is 11.7 Å². The molecule has 0 aliphatic heterocycles. The van der Waals surface area contributed by atoms with Gasteiger partial charge in [0, 0.05) is 0 Å². The molecule has 2 atom stereocenters. The number of rotatable bonds is 1. The lowest BCUT2D eigenvalue weighted by Crippen LogP contribution is -2.15. The number of hydrogen-bond acceptors (Lipinski definition) is 1. The minimum absolute atomic E-state index is 0.598. The zero-order chi connectivity index (χ0) is 8.55. The fourth-order valence-corrected chi connectivity index (χ4v) is 2.24. The summed E-state index contributed by atoms with van der Waals surface area (Å²) in [6.07, 6.45) is 1.21. The summed E-state index contributed by atoms with van der Waals surface area (Å²) in [4.78, 5) is 0. The first-order valence-electron chi connectivity index (χ1n) is 4.61. The second kappa shape index (κ2) is 2.91. The average molecular weight is 161 g/mol. The van der Waals surface area contributed by atoms with Crippen LogP contribution < -0.4 is 5.73 Å². The standard InChI is InChI=1S/C11H15N/c1-8-6-9-4-2-3-5-10(9)11(8)7-12/h2-5,8,11H,6-7,12H2,1H3. The Morgan fingerprint density at radius 2 is 2.17 bits per heavy atom. The molecule has 64 valence electrons. The Bertz CT molecular complexity index is 280. The Morgan fingerprint density at radius 1 is 1.42 bits per heavy atom. The molecule has 2 rings (SSSR count). The smallest absolute Gasteiger partial charge is 0.000545 e. The topological polar surface area (TPSA) is 26.0 Å². The highest BCUT2D eigenvalue weighted by Gasteiger charge is 2.27. The van der Waals surface area contributed by atoms with E-state index in [1.807, 2.05) is 0 Å². The molecule has 1 aromatic rings. The summed E-state index contributed by atoms with van der Waals surface area (Å²) in [6.45, 7) is 3.08. The predicted molar refractivity (Wildman–Crippen MR) is 51.1 cm³/mol. The summed E-state index contributed by atoms with van der Waals surface area (Å²) < 4.78 is 0. The summed E-state index contributed by atoms with van der Waals surface area (Å²) in [5.74, 6) is 1.33. The van der Waals surface area contributed by atoms with Crippen LogP contribution in [0.4, 0.5) is 0 Å². The molecule has 1 nitrogen and oxygen atoms in total. The van der Waals surface area contributed by atoms with Gasteiger partial charge in [0.1, 0.15) is 0 Å². The molecule has 0 radical (unpaired) electrons. The Morgan fingerprint density at radius 3 is 2.92 bits per heavy atom. The first kappa shape index (κ1) is 7.81. The van der Waals surface area contributed by atoms with Gasteiger partial charge in [-0.3, -0.25) is 0 Å². The summed E-state index contributed by atoms with van der Waals surface area (Å²) in [7, 11) is 0. The number of fused-ring (bicyclic) bond motifs is 1. The monoisotopic (exact) mass is 161 g/mol. The molecule has 0 heterocycles. The van der Waals surface area contributed by atoms with E-state index in [-0.39, 0.29) is 0 Å². The Kier molecular flexibility index (Phi) is 1.89. The van der Waals surface area contributed by atoms with Crippen molar-refractivity contribution in [3.8, 4) is 0 Å². The van der Waals surface area contributed by atoms with Crippen LogP contribution in [-0.2, 0) is 6.42 Å². The third kappa shape index (κ3) is 1.05. The summed E-state index contributed by atoms with van der Waals surface area (Å²) in [6, 6.07) is 8.67. The molecule has 1 heteroatoms. The average Bonchev–Trinajstić information content (AvgIpc) is 2.40. The van der Waals surface area contributed by atoms with Crippen LogP contribution in [0.2, 0.25) is 0 Å². The highest BCUT2D eigenvalue weighted by molar-refractivity contribution is 5.36. The molecule has 0 fully saturated rings. The molecule has 12 heavy (non-hydrogen) atoms. The van der Waals surface area contributed by atoms with Crippen LogP contribution >= 0.6 is 0 Å². The van der Waals surface area contributed by atoms with Gasteiger partial charge in [-0.2, -0.15) is 0 Å². The van der Waals surface area contributed by atoms with Gasteiger partial charge in [0.05, 0.1) is 0 Å². The summed E-state index contributed by atoms with van der Waals surface area (Å²) >= 11 is 0. The first-order valence-corrected chi connectivity index (χ1v) is 4.61. The van der Waals surface area contributed by atoms with Crippen LogP contribution in [-0.4, -0.2) is 6.54 Å². The quantitative estimate of drug-likeness (QED) is 0.669. The van der Waals surface area contributed by atoms with Gasteiger partial charge in [0.25, 0.3) is 0 Å². The van der Waals surface area contributed by atoms with Gasteiger partial charge >= 0.3 is 0 Å². The third-order valence-electron chi connectivity index (χ3n) is 2.94. The van der Waals surface area contributed by atoms with Crippen molar-refractivity contribution in [3.05, 3.63) is 35.4 Å². The number of benzene rings is 1. The zero-order valence-electron chi connectivity index (χ0n) is 7.46. The van der Waals surface area contributed by atoms with Gasteiger partial charge in [-0.15, -0.1) is 0 Å². The van der Waals surface area contributed by atoms with Crippen molar-refractivity contribution in [1.29, 1.82) is 0 Å². The van der Waals surface area contributed by atoms with Gasteiger partial charge in [-0.05, 0) is 35.9 Å². The first-order chi connectivity index (χ1) is 5.83. The lowest BCUT2D eigenvalue weighted by atomic mass is 9.94. The largest absolute Gasteiger partial charge is 0.330 e. The third-order valence-corrected chi connectivity index (χ3v) is 2.94. The van der Waals surface area contributed by atoms with Crippen LogP contribution in [0.1, 0.15) is 24.0 Å². The van der Waals surface area contributed by atoms with Crippen LogP contribution in [0.15, 0.2) is 24.3 Å². The van der Waals surface area contributed by atoms with E-state index in [2.05, 4.69) is 31.2 Å². The maximum absolute atomic E-state index is 5.74. The van der Waals surface area contributed by atoms with Crippen molar-refractivity contribution in [2.75, 3.05) is 6.54 Å². The maximum Gasteiger partial charge on any atom is -0.000545 e. The number of nitrogens with two attached hydrogens (primary N) is 1. The minimum atomic E-state index is 0.598. The molecular formula is C11H15N. The van der Waals surface area contributed by atoms with E-state index in [1.54, 1.807) is 0 Å².